The Balaban J connectivity index is 1.97. The van der Waals surface area contributed by atoms with Crippen molar-refractivity contribution in [2.45, 2.75) is 38.3 Å². The van der Waals surface area contributed by atoms with Crippen LogP contribution in [0.15, 0.2) is 0 Å². The summed E-state index contributed by atoms with van der Waals surface area (Å²) in [5.41, 5.74) is 6.22. The standard InChI is InChI=1S/C12H24N2O/c1-9-6-14(7-10(9)2)12(8-13)4-11(5-12)15-3/h9-11H,4-8,13H2,1-3H3. The van der Waals surface area contributed by atoms with Crippen molar-refractivity contribution in [3.05, 3.63) is 0 Å². The maximum Gasteiger partial charge on any atom is 0.0607 e. The summed E-state index contributed by atoms with van der Waals surface area (Å²) in [5.74, 6) is 1.63. The third-order valence-corrected chi connectivity index (χ3v) is 4.59. The van der Waals surface area contributed by atoms with E-state index in [1.54, 1.807) is 7.11 Å². The molecule has 2 atom stereocenters. The van der Waals surface area contributed by atoms with Crippen molar-refractivity contribution in [1.82, 2.24) is 4.90 Å². The van der Waals surface area contributed by atoms with Crippen LogP contribution in [0.5, 0.6) is 0 Å². The normalized spacial score (nSPS) is 46.8. The fraction of sp³-hybridized carbons (Fsp3) is 1.00. The summed E-state index contributed by atoms with van der Waals surface area (Å²) >= 11 is 0. The summed E-state index contributed by atoms with van der Waals surface area (Å²) in [6, 6.07) is 0. The number of nitrogens with two attached hydrogens (primary N) is 1. The third-order valence-electron chi connectivity index (χ3n) is 4.59. The molecule has 2 N–H and O–H groups in total. The van der Waals surface area contributed by atoms with Crippen molar-refractivity contribution in [1.29, 1.82) is 0 Å². The second kappa shape index (κ2) is 4.04. The van der Waals surface area contributed by atoms with Gasteiger partial charge in [-0.3, -0.25) is 4.90 Å². The summed E-state index contributed by atoms with van der Waals surface area (Å²) in [4.78, 5) is 2.61. The van der Waals surface area contributed by atoms with E-state index in [1.165, 1.54) is 13.1 Å². The van der Waals surface area contributed by atoms with Crippen molar-refractivity contribution in [2.24, 2.45) is 17.6 Å². The monoisotopic (exact) mass is 212 g/mol. The number of methoxy groups -OCH3 is 1. The van der Waals surface area contributed by atoms with E-state index in [-0.39, 0.29) is 5.54 Å². The van der Waals surface area contributed by atoms with Gasteiger partial charge in [-0.2, -0.15) is 0 Å². The highest BCUT2D eigenvalue weighted by Crippen LogP contribution is 2.42. The van der Waals surface area contributed by atoms with Crippen LogP contribution in [0.1, 0.15) is 26.7 Å². The molecule has 1 heterocycles. The number of rotatable bonds is 3. The molecule has 3 heteroatoms. The second-order valence-electron chi connectivity index (χ2n) is 5.55. The van der Waals surface area contributed by atoms with Crippen molar-refractivity contribution >= 4 is 0 Å². The minimum absolute atomic E-state index is 0.264. The van der Waals surface area contributed by atoms with Gasteiger partial charge >= 0.3 is 0 Å². The highest BCUT2D eigenvalue weighted by atomic mass is 16.5. The summed E-state index contributed by atoms with van der Waals surface area (Å²) in [7, 11) is 1.81. The molecule has 3 nitrogen and oxygen atoms in total. The van der Waals surface area contributed by atoms with Crippen LogP contribution in [0.25, 0.3) is 0 Å². The summed E-state index contributed by atoms with van der Waals surface area (Å²) in [6.07, 6.45) is 2.69. The fourth-order valence-corrected chi connectivity index (χ4v) is 3.03. The molecule has 0 bridgehead atoms. The van der Waals surface area contributed by atoms with Crippen molar-refractivity contribution in [3.8, 4) is 0 Å². The van der Waals surface area contributed by atoms with Crippen LogP contribution in [-0.4, -0.2) is 43.3 Å². The van der Waals surface area contributed by atoms with Gasteiger partial charge in [0.15, 0.2) is 0 Å². The summed E-state index contributed by atoms with van der Waals surface area (Å²) in [5, 5.41) is 0. The first-order valence-electron chi connectivity index (χ1n) is 6.09. The minimum Gasteiger partial charge on any atom is -0.381 e. The highest BCUT2D eigenvalue weighted by Gasteiger charge is 2.50. The van der Waals surface area contributed by atoms with E-state index in [9.17, 15) is 0 Å². The van der Waals surface area contributed by atoms with Crippen LogP contribution in [0.3, 0.4) is 0 Å². The van der Waals surface area contributed by atoms with Crippen LogP contribution >= 0.6 is 0 Å². The zero-order valence-electron chi connectivity index (χ0n) is 10.2. The molecule has 0 amide bonds. The maximum absolute atomic E-state index is 5.96. The molecule has 0 aromatic carbocycles. The Morgan fingerprint density at radius 3 is 2.20 bits per heavy atom. The number of nitrogens with zero attached hydrogens (tertiary/aromatic N) is 1. The molecule has 1 aliphatic heterocycles. The molecule has 2 aliphatic rings. The van der Waals surface area contributed by atoms with E-state index >= 15 is 0 Å². The van der Waals surface area contributed by atoms with Gasteiger partial charge in [0.05, 0.1) is 6.10 Å². The van der Waals surface area contributed by atoms with Gasteiger partial charge in [0.25, 0.3) is 0 Å². The Morgan fingerprint density at radius 1 is 1.27 bits per heavy atom. The van der Waals surface area contributed by atoms with Crippen molar-refractivity contribution in [2.75, 3.05) is 26.7 Å². The maximum atomic E-state index is 5.96. The van der Waals surface area contributed by atoms with Gasteiger partial charge in [-0.15, -0.1) is 0 Å². The summed E-state index contributed by atoms with van der Waals surface area (Å²) in [6.45, 7) is 7.92. The van der Waals surface area contributed by atoms with Gasteiger partial charge in [0.1, 0.15) is 0 Å². The number of likely N-dealkylation sites (tertiary alicyclic amines) is 1. The molecule has 15 heavy (non-hydrogen) atoms. The van der Waals surface area contributed by atoms with Gasteiger partial charge in [-0.25, -0.2) is 0 Å². The molecule has 0 radical (unpaired) electrons. The SMILES string of the molecule is COC1CC(CN)(N2CC(C)C(C)C2)C1. The Kier molecular flexibility index (Phi) is 3.06. The number of hydrogen-bond acceptors (Lipinski definition) is 3. The van der Waals surface area contributed by atoms with Crippen molar-refractivity contribution in [3.63, 3.8) is 0 Å². The lowest BCUT2D eigenvalue weighted by atomic mass is 9.73. The third kappa shape index (κ3) is 1.81. The second-order valence-corrected chi connectivity index (χ2v) is 5.55. The highest BCUT2D eigenvalue weighted by molar-refractivity contribution is 5.06. The summed E-state index contributed by atoms with van der Waals surface area (Å²) < 4.78 is 5.37. The molecule has 2 unspecified atom stereocenters. The van der Waals surface area contributed by atoms with Crippen LogP contribution in [-0.2, 0) is 4.74 Å². The van der Waals surface area contributed by atoms with E-state index in [0.717, 1.165) is 31.2 Å². The molecule has 2 fully saturated rings. The lowest BCUT2D eigenvalue weighted by molar-refractivity contribution is -0.0810. The van der Waals surface area contributed by atoms with Gasteiger partial charge in [-0.05, 0) is 24.7 Å². The average molecular weight is 212 g/mol. The zero-order chi connectivity index (χ0) is 11.1. The van der Waals surface area contributed by atoms with Crippen LogP contribution in [0, 0.1) is 11.8 Å². The van der Waals surface area contributed by atoms with Gasteiger partial charge in [0.2, 0.25) is 0 Å². The molecule has 0 aromatic rings. The molecule has 2 rings (SSSR count). The smallest absolute Gasteiger partial charge is 0.0607 e. The molecule has 0 aromatic heterocycles. The van der Waals surface area contributed by atoms with Crippen LogP contribution in [0.2, 0.25) is 0 Å². The predicted octanol–water partition coefficient (Wildman–Crippen LogP) is 1.08. The fourth-order valence-electron chi connectivity index (χ4n) is 3.03. The van der Waals surface area contributed by atoms with Gasteiger partial charge in [0, 0.05) is 32.3 Å². The van der Waals surface area contributed by atoms with E-state index in [4.69, 9.17) is 10.5 Å². The quantitative estimate of drug-likeness (QED) is 0.761. The van der Waals surface area contributed by atoms with Crippen molar-refractivity contribution < 1.29 is 4.74 Å². The molecule has 1 aliphatic carbocycles. The average Bonchev–Trinajstić information content (AvgIpc) is 2.47. The van der Waals surface area contributed by atoms with Gasteiger partial charge < -0.3 is 10.5 Å². The predicted molar refractivity (Wildman–Crippen MR) is 61.7 cm³/mol. The molecular weight excluding hydrogens is 188 g/mol. The topological polar surface area (TPSA) is 38.5 Å². The lowest BCUT2D eigenvalue weighted by Crippen LogP contribution is -2.63. The van der Waals surface area contributed by atoms with Crippen LogP contribution in [0.4, 0.5) is 0 Å². The first-order valence-corrected chi connectivity index (χ1v) is 6.09. The van der Waals surface area contributed by atoms with E-state index < -0.39 is 0 Å². The number of hydrogen-bond donors (Lipinski definition) is 1. The number of ether oxygens (including phenoxy) is 1. The molecule has 88 valence electrons. The Morgan fingerprint density at radius 2 is 1.80 bits per heavy atom. The van der Waals surface area contributed by atoms with E-state index in [2.05, 4.69) is 18.7 Å². The minimum atomic E-state index is 0.264. The first kappa shape index (κ1) is 11.4. The largest absolute Gasteiger partial charge is 0.381 e. The zero-order valence-corrected chi connectivity index (χ0v) is 10.2. The van der Waals surface area contributed by atoms with Gasteiger partial charge in [-0.1, -0.05) is 13.8 Å². The Hall–Kier alpha value is -0.120. The van der Waals surface area contributed by atoms with E-state index in [0.29, 0.717) is 6.10 Å². The molecule has 1 saturated heterocycles. The van der Waals surface area contributed by atoms with E-state index in [1.807, 2.05) is 0 Å². The Bertz CT molecular complexity index is 216. The molecule has 0 spiro atoms. The molecular formula is C12H24N2O. The van der Waals surface area contributed by atoms with Crippen LogP contribution < -0.4 is 5.73 Å². The molecule has 1 saturated carbocycles. The Labute approximate surface area is 93.0 Å². The first-order chi connectivity index (χ1) is 7.11. The lowest BCUT2D eigenvalue weighted by Gasteiger charge is -2.52.